The molecule has 3 rings (SSSR count). The van der Waals surface area contributed by atoms with E-state index in [-0.39, 0.29) is 17.5 Å². The first-order chi connectivity index (χ1) is 11.9. The Hall–Kier alpha value is -1.79. The van der Waals surface area contributed by atoms with Crippen LogP contribution in [0.4, 0.5) is 4.39 Å². The van der Waals surface area contributed by atoms with Gasteiger partial charge in [0, 0.05) is 13.0 Å². The summed E-state index contributed by atoms with van der Waals surface area (Å²) < 4.78 is 24.3. The van der Waals surface area contributed by atoms with Gasteiger partial charge in [0.2, 0.25) is 5.89 Å². The summed E-state index contributed by atoms with van der Waals surface area (Å²) in [6.07, 6.45) is 2.69. The van der Waals surface area contributed by atoms with E-state index in [1.807, 2.05) is 0 Å². The fraction of sp³-hybridized carbons (Fsp3) is 0.579. The first kappa shape index (κ1) is 18.0. The van der Waals surface area contributed by atoms with Crippen LogP contribution in [0.25, 0.3) is 0 Å². The van der Waals surface area contributed by atoms with Gasteiger partial charge < -0.3 is 9.26 Å². The van der Waals surface area contributed by atoms with E-state index in [9.17, 15) is 4.39 Å². The molecule has 0 aliphatic carbocycles. The molecule has 1 fully saturated rings. The van der Waals surface area contributed by atoms with Gasteiger partial charge >= 0.3 is 0 Å². The molecule has 136 valence electrons. The second-order valence-electron chi connectivity index (χ2n) is 7.51. The second-order valence-corrected chi connectivity index (χ2v) is 7.51. The van der Waals surface area contributed by atoms with Crippen molar-refractivity contribution in [2.24, 2.45) is 0 Å². The Morgan fingerprint density at radius 3 is 2.76 bits per heavy atom. The summed E-state index contributed by atoms with van der Waals surface area (Å²) in [4.78, 5) is 6.91. The molecule has 5 nitrogen and oxygen atoms in total. The van der Waals surface area contributed by atoms with Gasteiger partial charge in [-0.1, -0.05) is 17.3 Å². The molecule has 1 saturated heterocycles. The number of rotatable bonds is 6. The Labute approximate surface area is 148 Å². The monoisotopic (exact) mass is 347 g/mol. The van der Waals surface area contributed by atoms with Crippen LogP contribution < -0.4 is 0 Å². The SMILES string of the molecule is CC(C)(C)OCCN1CCC[C@H]1c1nc(Cc2ccc(F)cc2)no1. The maximum Gasteiger partial charge on any atom is 0.244 e. The molecule has 0 unspecified atom stereocenters. The molecule has 25 heavy (non-hydrogen) atoms. The van der Waals surface area contributed by atoms with Crippen molar-refractivity contribution >= 4 is 0 Å². The quantitative estimate of drug-likeness (QED) is 0.796. The van der Waals surface area contributed by atoms with Crippen molar-refractivity contribution in [2.45, 2.75) is 51.7 Å². The Morgan fingerprint density at radius 2 is 2.04 bits per heavy atom. The van der Waals surface area contributed by atoms with E-state index in [2.05, 4.69) is 35.8 Å². The summed E-state index contributed by atoms with van der Waals surface area (Å²) in [6, 6.07) is 6.56. The number of benzene rings is 1. The number of ether oxygens (including phenoxy) is 1. The number of likely N-dealkylation sites (tertiary alicyclic amines) is 1. The third kappa shape index (κ3) is 5.09. The Balaban J connectivity index is 1.59. The smallest absolute Gasteiger partial charge is 0.244 e. The molecule has 2 aromatic rings. The molecule has 0 spiro atoms. The standard InChI is InChI=1S/C19H26FN3O2/c1-19(2,3)24-12-11-23-10-4-5-16(23)18-21-17(22-25-18)13-14-6-8-15(20)9-7-14/h6-9,16H,4-5,10-13H2,1-3H3/t16-/m0/s1. The summed E-state index contributed by atoms with van der Waals surface area (Å²) in [7, 11) is 0. The zero-order valence-corrected chi connectivity index (χ0v) is 15.2. The largest absolute Gasteiger partial charge is 0.375 e. The third-order valence-corrected chi connectivity index (χ3v) is 4.32. The summed E-state index contributed by atoms with van der Waals surface area (Å²) >= 11 is 0. The van der Waals surface area contributed by atoms with Crippen LogP contribution in [0.1, 0.15) is 56.9 Å². The van der Waals surface area contributed by atoms with Crippen molar-refractivity contribution in [3.05, 3.63) is 47.4 Å². The molecule has 2 heterocycles. The zero-order chi connectivity index (χ0) is 17.9. The van der Waals surface area contributed by atoms with Crippen LogP contribution >= 0.6 is 0 Å². The number of aromatic nitrogens is 2. The van der Waals surface area contributed by atoms with E-state index in [4.69, 9.17) is 9.26 Å². The number of hydrogen-bond acceptors (Lipinski definition) is 5. The molecule has 0 saturated carbocycles. The van der Waals surface area contributed by atoms with Gasteiger partial charge in [-0.3, -0.25) is 4.90 Å². The summed E-state index contributed by atoms with van der Waals surface area (Å²) in [5.74, 6) is 1.07. The molecule has 1 aliphatic heterocycles. The van der Waals surface area contributed by atoms with Gasteiger partial charge in [0.05, 0.1) is 18.2 Å². The maximum atomic E-state index is 13.0. The van der Waals surface area contributed by atoms with E-state index in [1.54, 1.807) is 12.1 Å². The average Bonchev–Trinajstić information content (AvgIpc) is 3.17. The molecule has 0 N–H and O–H groups in total. The topological polar surface area (TPSA) is 51.4 Å². The molecule has 1 atom stereocenters. The number of nitrogens with zero attached hydrogens (tertiary/aromatic N) is 3. The molecular formula is C19H26FN3O2. The van der Waals surface area contributed by atoms with E-state index >= 15 is 0 Å². The van der Waals surface area contributed by atoms with Crippen molar-refractivity contribution in [3.8, 4) is 0 Å². The molecule has 0 amide bonds. The van der Waals surface area contributed by atoms with E-state index in [0.717, 1.165) is 31.5 Å². The van der Waals surface area contributed by atoms with Crippen molar-refractivity contribution < 1.29 is 13.7 Å². The third-order valence-electron chi connectivity index (χ3n) is 4.32. The van der Waals surface area contributed by atoms with Crippen LogP contribution in [0.5, 0.6) is 0 Å². The van der Waals surface area contributed by atoms with Crippen molar-refractivity contribution in [2.75, 3.05) is 19.7 Å². The summed E-state index contributed by atoms with van der Waals surface area (Å²) in [5, 5.41) is 4.09. The minimum Gasteiger partial charge on any atom is -0.375 e. The second kappa shape index (κ2) is 7.62. The number of hydrogen-bond donors (Lipinski definition) is 0. The lowest BCUT2D eigenvalue weighted by atomic mass is 10.1. The van der Waals surface area contributed by atoms with Crippen LogP contribution in [0, 0.1) is 5.82 Å². The van der Waals surface area contributed by atoms with Crippen LogP contribution in [-0.2, 0) is 11.2 Å². The molecule has 1 aromatic heterocycles. The lowest BCUT2D eigenvalue weighted by molar-refractivity contribution is -0.0155. The maximum absolute atomic E-state index is 13.0. The van der Waals surface area contributed by atoms with E-state index in [0.29, 0.717) is 24.7 Å². The first-order valence-electron chi connectivity index (χ1n) is 8.86. The van der Waals surface area contributed by atoms with Gasteiger partial charge in [0.15, 0.2) is 5.82 Å². The number of halogens is 1. The highest BCUT2D eigenvalue weighted by molar-refractivity contribution is 5.19. The normalized spacial score (nSPS) is 18.8. The zero-order valence-electron chi connectivity index (χ0n) is 15.2. The Morgan fingerprint density at radius 1 is 1.28 bits per heavy atom. The van der Waals surface area contributed by atoms with Crippen LogP contribution in [0.15, 0.2) is 28.8 Å². The lowest BCUT2D eigenvalue weighted by Crippen LogP contribution is -2.30. The Bertz CT molecular complexity index is 679. The van der Waals surface area contributed by atoms with Gasteiger partial charge in [-0.05, 0) is 57.9 Å². The van der Waals surface area contributed by atoms with Crippen LogP contribution in [-0.4, -0.2) is 40.3 Å². The van der Waals surface area contributed by atoms with E-state index < -0.39 is 0 Å². The highest BCUT2D eigenvalue weighted by Crippen LogP contribution is 2.30. The average molecular weight is 347 g/mol. The van der Waals surface area contributed by atoms with Gasteiger partial charge in [0.1, 0.15) is 5.82 Å². The molecule has 1 aliphatic rings. The minimum atomic E-state index is -0.239. The molecular weight excluding hydrogens is 321 g/mol. The van der Waals surface area contributed by atoms with Crippen LogP contribution in [0.3, 0.4) is 0 Å². The van der Waals surface area contributed by atoms with Crippen molar-refractivity contribution in [1.82, 2.24) is 15.0 Å². The van der Waals surface area contributed by atoms with Gasteiger partial charge in [-0.2, -0.15) is 4.98 Å². The highest BCUT2D eigenvalue weighted by atomic mass is 19.1. The predicted molar refractivity (Wildman–Crippen MR) is 92.8 cm³/mol. The van der Waals surface area contributed by atoms with Crippen molar-refractivity contribution in [3.63, 3.8) is 0 Å². The van der Waals surface area contributed by atoms with E-state index in [1.165, 1.54) is 12.1 Å². The fourth-order valence-corrected chi connectivity index (χ4v) is 3.10. The summed E-state index contributed by atoms with van der Waals surface area (Å²) in [6.45, 7) is 8.76. The molecule has 1 aromatic carbocycles. The van der Waals surface area contributed by atoms with Crippen LogP contribution in [0.2, 0.25) is 0 Å². The molecule has 6 heteroatoms. The highest BCUT2D eigenvalue weighted by Gasteiger charge is 2.30. The molecule has 0 radical (unpaired) electrons. The first-order valence-corrected chi connectivity index (χ1v) is 8.86. The van der Waals surface area contributed by atoms with Crippen molar-refractivity contribution in [1.29, 1.82) is 0 Å². The predicted octanol–water partition coefficient (Wildman–Crippen LogP) is 3.75. The van der Waals surface area contributed by atoms with Gasteiger partial charge in [-0.15, -0.1) is 0 Å². The van der Waals surface area contributed by atoms with Gasteiger partial charge in [0.25, 0.3) is 0 Å². The minimum absolute atomic E-state index is 0.123. The lowest BCUT2D eigenvalue weighted by Gasteiger charge is -2.25. The fourth-order valence-electron chi connectivity index (χ4n) is 3.10. The van der Waals surface area contributed by atoms with Gasteiger partial charge in [-0.25, -0.2) is 4.39 Å². The Kier molecular flexibility index (Phi) is 5.49. The molecule has 0 bridgehead atoms. The summed E-state index contributed by atoms with van der Waals surface area (Å²) in [5.41, 5.74) is 0.845.